The molecule has 3 rings (SSSR count). The standard InChI is InChI=1S/C15H24N6O/c1-3-12-13(4-2)18-19-14(17-12)20-8-5-11(6-9-20)21-10-7-16-15(21)22/h11H,3-10H2,1-2H3,(H,16,22). The molecule has 0 saturated carbocycles. The lowest BCUT2D eigenvalue weighted by Gasteiger charge is -2.36. The van der Waals surface area contributed by atoms with Crippen LogP contribution in [-0.2, 0) is 12.8 Å². The molecule has 0 spiro atoms. The second-order valence-corrected chi connectivity index (χ2v) is 5.86. The number of amides is 2. The summed E-state index contributed by atoms with van der Waals surface area (Å²) in [6.07, 6.45) is 3.69. The van der Waals surface area contributed by atoms with E-state index in [0.29, 0.717) is 6.04 Å². The van der Waals surface area contributed by atoms with Gasteiger partial charge in [0.25, 0.3) is 0 Å². The fourth-order valence-corrected chi connectivity index (χ4v) is 3.27. The number of urea groups is 1. The topological polar surface area (TPSA) is 74.2 Å². The summed E-state index contributed by atoms with van der Waals surface area (Å²) in [4.78, 5) is 20.6. The largest absolute Gasteiger partial charge is 0.339 e. The summed E-state index contributed by atoms with van der Waals surface area (Å²) in [5, 5.41) is 11.5. The number of hydrogen-bond donors (Lipinski definition) is 1. The third kappa shape index (κ3) is 2.84. The first-order chi connectivity index (χ1) is 10.7. The highest BCUT2D eigenvalue weighted by Gasteiger charge is 2.31. The molecule has 0 atom stereocenters. The quantitative estimate of drug-likeness (QED) is 0.898. The monoisotopic (exact) mass is 304 g/mol. The number of nitrogens with zero attached hydrogens (tertiary/aromatic N) is 5. The molecule has 7 heteroatoms. The van der Waals surface area contributed by atoms with Crippen LogP contribution in [0, 0.1) is 0 Å². The Balaban J connectivity index is 1.65. The maximum atomic E-state index is 11.7. The van der Waals surface area contributed by atoms with Gasteiger partial charge >= 0.3 is 6.03 Å². The van der Waals surface area contributed by atoms with Crippen molar-refractivity contribution >= 4 is 12.0 Å². The first-order valence-corrected chi connectivity index (χ1v) is 8.24. The van der Waals surface area contributed by atoms with Crippen LogP contribution in [0.15, 0.2) is 0 Å². The van der Waals surface area contributed by atoms with Crippen molar-refractivity contribution in [3.05, 3.63) is 11.4 Å². The lowest BCUT2D eigenvalue weighted by Crippen LogP contribution is -2.46. The van der Waals surface area contributed by atoms with Gasteiger partial charge in [0.1, 0.15) is 0 Å². The summed E-state index contributed by atoms with van der Waals surface area (Å²) < 4.78 is 0. The lowest BCUT2D eigenvalue weighted by atomic mass is 10.0. The van der Waals surface area contributed by atoms with Crippen LogP contribution in [0.3, 0.4) is 0 Å². The molecule has 2 saturated heterocycles. The highest BCUT2D eigenvalue weighted by Crippen LogP contribution is 2.21. The summed E-state index contributed by atoms with van der Waals surface area (Å²) in [7, 11) is 0. The molecule has 3 heterocycles. The van der Waals surface area contributed by atoms with Crippen molar-refractivity contribution in [3.8, 4) is 0 Å². The van der Waals surface area contributed by atoms with Crippen LogP contribution >= 0.6 is 0 Å². The molecule has 0 bridgehead atoms. The van der Waals surface area contributed by atoms with Gasteiger partial charge < -0.3 is 15.1 Å². The second-order valence-electron chi connectivity index (χ2n) is 5.86. The zero-order valence-electron chi connectivity index (χ0n) is 13.4. The molecule has 0 radical (unpaired) electrons. The van der Waals surface area contributed by atoms with E-state index in [0.717, 1.165) is 69.2 Å². The van der Waals surface area contributed by atoms with E-state index in [1.54, 1.807) is 0 Å². The number of hydrogen-bond acceptors (Lipinski definition) is 5. The van der Waals surface area contributed by atoms with Gasteiger partial charge in [-0.05, 0) is 25.7 Å². The van der Waals surface area contributed by atoms with Crippen molar-refractivity contribution in [1.82, 2.24) is 25.4 Å². The van der Waals surface area contributed by atoms with Crippen molar-refractivity contribution in [3.63, 3.8) is 0 Å². The fourth-order valence-electron chi connectivity index (χ4n) is 3.27. The Morgan fingerprint density at radius 1 is 1.09 bits per heavy atom. The molecule has 1 aromatic rings. The van der Waals surface area contributed by atoms with Gasteiger partial charge in [-0.2, -0.15) is 5.10 Å². The minimum absolute atomic E-state index is 0.0805. The first kappa shape index (κ1) is 15.0. The van der Waals surface area contributed by atoms with Gasteiger partial charge in [0.15, 0.2) is 0 Å². The van der Waals surface area contributed by atoms with Crippen LogP contribution < -0.4 is 10.2 Å². The predicted octanol–water partition coefficient (Wildman–Crippen LogP) is 0.990. The normalized spacial score (nSPS) is 19.6. The van der Waals surface area contributed by atoms with Crippen LogP contribution in [0.1, 0.15) is 38.1 Å². The summed E-state index contributed by atoms with van der Waals surface area (Å²) in [6.45, 7) is 7.54. The van der Waals surface area contributed by atoms with E-state index in [9.17, 15) is 4.79 Å². The summed E-state index contributed by atoms with van der Waals surface area (Å²) in [5.41, 5.74) is 2.04. The number of carbonyl (C=O) groups is 1. The van der Waals surface area contributed by atoms with Crippen LogP contribution in [0.4, 0.5) is 10.7 Å². The summed E-state index contributed by atoms with van der Waals surface area (Å²) >= 11 is 0. The number of rotatable bonds is 4. The molecular weight excluding hydrogens is 280 g/mol. The van der Waals surface area contributed by atoms with Gasteiger partial charge in [0, 0.05) is 32.2 Å². The Morgan fingerprint density at radius 3 is 2.41 bits per heavy atom. The molecule has 0 unspecified atom stereocenters. The third-order valence-electron chi connectivity index (χ3n) is 4.58. The minimum Gasteiger partial charge on any atom is -0.339 e. The fraction of sp³-hybridized carbons (Fsp3) is 0.733. The zero-order valence-corrected chi connectivity index (χ0v) is 13.4. The van der Waals surface area contributed by atoms with Crippen molar-refractivity contribution in [2.75, 3.05) is 31.1 Å². The van der Waals surface area contributed by atoms with E-state index in [4.69, 9.17) is 0 Å². The average molecular weight is 304 g/mol. The maximum absolute atomic E-state index is 11.7. The van der Waals surface area contributed by atoms with E-state index in [1.807, 2.05) is 4.90 Å². The Morgan fingerprint density at radius 2 is 1.82 bits per heavy atom. The minimum atomic E-state index is 0.0805. The number of nitrogens with one attached hydrogen (secondary N) is 1. The van der Waals surface area contributed by atoms with E-state index < -0.39 is 0 Å². The van der Waals surface area contributed by atoms with Gasteiger partial charge in [-0.25, -0.2) is 9.78 Å². The third-order valence-corrected chi connectivity index (χ3v) is 4.58. The first-order valence-electron chi connectivity index (χ1n) is 8.24. The average Bonchev–Trinajstić information content (AvgIpc) is 3.00. The Labute approximate surface area is 131 Å². The van der Waals surface area contributed by atoms with E-state index in [1.165, 1.54) is 0 Å². The predicted molar refractivity (Wildman–Crippen MR) is 83.9 cm³/mol. The molecule has 7 nitrogen and oxygen atoms in total. The summed E-state index contributed by atoms with van der Waals surface area (Å²) in [6, 6.07) is 0.421. The lowest BCUT2D eigenvalue weighted by molar-refractivity contribution is 0.186. The molecule has 2 amide bonds. The SMILES string of the molecule is CCc1nnc(N2CCC(N3CCNC3=O)CC2)nc1CC. The number of piperidine rings is 1. The van der Waals surface area contributed by atoms with Gasteiger partial charge in [0.05, 0.1) is 11.4 Å². The van der Waals surface area contributed by atoms with Crippen LogP contribution in [0.25, 0.3) is 0 Å². The number of aromatic nitrogens is 3. The van der Waals surface area contributed by atoms with Crippen molar-refractivity contribution < 1.29 is 4.79 Å². The van der Waals surface area contributed by atoms with Crippen molar-refractivity contribution in [2.24, 2.45) is 0 Å². The molecule has 1 N–H and O–H groups in total. The molecule has 0 aromatic carbocycles. The van der Waals surface area contributed by atoms with Crippen molar-refractivity contribution in [2.45, 2.75) is 45.6 Å². The smallest absolute Gasteiger partial charge is 0.317 e. The Bertz CT molecular complexity index is 541. The molecule has 120 valence electrons. The Kier molecular flexibility index (Phi) is 4.40. The van der Waals surface area contributed by atoms with E-state index in [2.05, 4.69) is 39.2 Å². The van der Waals surface area contributed by atoms with E-state index in [-0.39, 0.29) is 6.03 Å². The maximum Gasteiger partial charge on any atom is 0.317 e. The Hall–Kier alpha value is -1.92. The van der Waals surface area contributed by atoms with Gasteiger partial charge in [0.2, 0.25) is 5.95 Å². The second kappa shape index (κ2) is 6.46. The molecule has 1 aromatic heterocycles. The van der Waals surface area contributed by atoms with Gasteiger partial charge in [-0.3, -0.25) is 0 Å². The van der Waals surface area contributed by atoms with E-state index >= 15 is 0 Å². The zero-order chi connectivity index (χ0) is 15.5. The molecular formula is C15H24N6O. The number of aryl methyl sites for hydroxylation is 2. The van der Waals surface area contributed by atoms with Crippen LogP contribution in [-0.4, -0.2) is 58.3 Å². The van der Waals surface area contributed by atoms with Gasteiger partial charge in [-0.1, -0.05) is 13.8 Å². The highest BCUT2D eigenvalue weighted by molar-refractivity contribution is 5.76. The molecule has 2 fully saturated rings. The summed E-state index contributed by atoms with van der Waals surface area (Å²) in [5.74, 6) is 0.735. The molecule has 22 heavy (non-hydrogen) atoms. The number of carbonyl (C=O) groups excluding carboxylic acids is 1. The number of anilines is 1. The van der Waals surface area contributed by atoms with Gasteiger partial charge in [-0.15, -0.1) is 5.10 Å². The molecule has 2 aliphatic rings. The highest BCUT2D eigenvalue weighted by atomic mass is 16.2. The molecule has 0 aliphatic carbocycles. The van der Waals surface area contributed by atoms with Crippen molar-refractivity contribution in [1.29, 1.82) is 0 Å². The molecule has 2 aliphatic heterocycles. The van der Waals surface area contributed by atoms with Crippen LogP contribution in [0.2, 0.25) is 0 Å². The van der Waals surface area contributed by atoms with Crippen LogP contribution in [0.5, 0.6) is 0 Å².